The second-order valence-electron chi connectivity index (χ2n) is 7.42. The molecule has 28 heavy (non-hydrogen) atoms. The fourth-order valence-corrected chi connectivity index (χ4v) is 3.74. The molecule has 1 fully saturated rings. The summed E-state index contributed by atoms with van der Waals surface area (Å²) in [6.45, 7) is 6.16. The lowest BCUT2D eigenvalue weighted by Crippen LogP contribution is -2.44. The molecule has 146 valence electrons. The molecule has 1 aromatic heterocycles. The molecule has 5 heteroatoms. The van der Waals surface area contributed by atoms with Crippen LogP contribution in [0.25, 0.3) is 22.0 Å². The highest BCUT2D eigenvalue weighted by Gasteiger charge is 2.16. The molecule has 1 saturated heterocycles. The van der Waals surface area contributed by atoms with Crippen molar-refractivity contribution >= 4 is 10.8 Å². The number of rotatable bonds is 6. The van der Waals surface area contributed by atoms with Crippen LogP contribution >= 0.6 is 0 Å². The minimum atomic E-state index is -0.0840. The fraction of sp³-hybridized carbons (Fsp3) is 0.348. The number of hydrogen-bond donors (Lipinski definition) is 1. The molecule has 3 aromatic rings. The third kappa shape index (κ3) is 4.11. The van der Waals surface area contributed by atoms with Crippen LogP contribution in [0.2, 0.25) is 0 Å². The zero-order chi connectivity index (χ0) is 19.3. The number of aromatic nitrogens is 1. The number of H-pyrrole nitrogens is 1. The average Bonchev–Trinajstić information content (AvgIpc) is 2.74. The Labute approximate surface area is 165 Å². The van der Waals surface area contributed by atoms with Gasteiger partial charge in [0.05, 0.1) is 17.7 Å². The summed E-state index contributed by atoms with van der Waals surface area (Å²) in [5.41, 5.74) is 1.63. The summed E-state index contributed by atoms with van der Waals surface area (Å²) in [5.74, 6) is 0.764. The third-order valence-corrected chi connectivity index (χ3v) is 5.41. The van der Waals surface area contributed by atoms with Gasteiger partial charge in [0.2, 0.25) is 0 Å². The number of hydrogen-bond acceptors (Lipinski definition) is 4. The van der Waals surface area contributed by atoms with Crippen LogP contribution in [-0.2, 0) is 0 Å². The fourth-order valence-electron chi connectivity index (χ4n) is 3.74. The van der Waals surface area contributed by atoms with Gasteiger partial charge in [0, 0.05) is 43.7 Å². The molecule has 1 aliphatic rings. The van der Waals surface area contributed by atoms with Gasteiger partial charge in [0.25, 0.3) is 5.56 Å². The summed E-state index contributed by atoms with van der Waals surface area (Å²) in [7, 11) is 2.17. The van der Waals surface area contributed by atoms with Crippen LogP contribution in [0.1, 0.15) is 6.42 Å². The first-order valence-electron chi connectivity index (χ1n) is 9.96. The number of nitrogens with one attached hydrogen (secondary N) is 1. The van der Waals surface area contributed by atoms with E-state index in [9.17, 15) is 4.79 Å². The van der Waals surface area contributed by atoms with E-state index in [1.54, 1.807) is 0 Å². The van der Waals surface area contributed by atoms with Crippen molar-refractivity contribution in [3.63, 3.8) is 0 Å². The van der Waals surface area contributed by atoms with Gasteiger partial charge in [-0.15, -0.1) is 0 Å². The number of benzene rings is 2. The van der Waals surface area contributed by atoms with E-state index in [0.29, 0.717) is 12.0 Å². The summed E-state index contributed by atoms with van der Waals surface area (Å²) in [6.07, 6.45) is 0.964. The third-order valence-electron chi connectivity index (χ3n) is 5.41. The second kappa shape index (κ2) is 8.59. The van der Waals surface area contributed by atoms with Crippen LogP contribution in [0.3, 0.4) is 0 Å². The van der Waals surface area contributed by atoms with E-state index in [1.807, 2.05) is 54.6 Å². The largest absolute Gasteiger partial charge is 0.491 e. The first-order chi connectivity index (χ1) is 13.7. The Morgan fingerprint density at radius 3 is 2.36 bits per heavy atom. The van der Waals surface area contributed by atoms with Gasteiger partial charge in [-0.3, -0.25) is 4.79 Å². The van der Waals surface area contributed by atoms with Gasteiger partial charge in [-0.2, -0.15) is 0 Å². The second-order valence-corrected chi connectivity index (χ2v) is 7.42. The molecule has 0 spiro atoms. The molecule has 0 aliphatic carbocycles. The number of likely N-dealkylation sites (N-methyl/N-ethyl adjacent to an activating group) is 1. The molecule has 0 atom stereocenters. The first-order valence-corrected chi connectivity index (χ1v) is 9.96. The van der Waals surface area contributed by atoms with Crippen LogP contribution in [0.15, 0.2) is 59.4 Å². The molecular formula is C23H27N3O2. The number of nitrogens with zero attached hydrogens (tertiary/aromatic N) is 2. The van der Waals surface area contributed by atoms with Crippen molar-refractivity contribution in [2.75, 3.05) is 46.4 Å². The lowest BCUT2D eigenvalue weighted by atomic mass is 10.1. The Bertz CT molecular complexity index is 976. The highest BCUT2D eigenvalue weighted by Crippen LogP contribution is 2.33. The first kappa shape index (κ1) is 18.7. The van der Waals surface area contributed by atoms with Gasteiger partial charge in [-0.25, -0.2) is 0 Å². The lowest BCUT2D eigenvalue weighted by Gasteiger charge is -2.32. The molecule has 0 bridgehead atoms. The molecular weight excluding hydrogens is 350 g/mol. The van der Waals surface area contributed by atoms with Crippen LogP contribution in [0.4, 0.5) is 0 Å². The number of pyridine rings is 1. The molecule has 1 N–H and O–H groups in total. The number of ether oxygens (including phenoxy) is 1. The zero-order valence-corrected chi connectivity index (χ0v) is 16.4. The van der Waals surface area contributed by atoms with E-state index in [-0.39, 0.29) is 5.56 Å². The Hall–Kier alpha value is -2.63. The number of fused-ring (bicyclic) bond motifs is 1. The van der Waals surface area contributed by atoms with Crippen molar-refractivity contribution < 1.29 is 4.74 Å². The number of piperazine rings is 1. The van der Waals surface area contributed by atoms with Crippen molar-refractivity contribution in [3.05, 3.63) is 65.0 Å². The van der Waals surface area contributed by atoms with Gasteiger partial charge in [0.15, 0.2) is 5.75 Å². The summed E-state index contributed by atoms with van der Waals surface area (Å²) in [4.78, 5) is 20.5. The molecule has 4 rings (SSSR count). The van der Waals surface area contributed by atoms with Gasteiger partial charge < -0.3 is 19.5 Å². The highest BCUT2D eigenvalue weighted by molar-refractivity contribution is 5.92. The predicted octanol–water partition coefficient (Wildman–Crippen LogP) is 3.21. The Kier molecular flexibility index (Phi) is 5.74. The maximum absolute atomic E-state index is 12.6. The molecule has 5 nitrogen and oxygen atoms in total. The predicted molar refractivity (Wildman–Crippen MR) is 114 cm³/mol. The topological polar surface area (TPSA) is 48.6 Å². The highest BCUT2D eigenvalue weighted by atomic mass is 16.5. The maximum Gasteiger partial charge on any atom is 0.256 e. The van der Waals surface area contributed by atoms with Crippen molar-refractivity contribution in [1.29, 1.82) is 0 Å². The van der Waals surface area contributed by atoms with Gasteiger partial charge in [0.1, 0.15) is 0 Å². The quantitative estimate of drug-likeness (QED) is 0.670. The smallest absolute Gasteiger partial charge is 0.256 e. The van der Waals surface area contributed by atoms with E-state index in [4.69, 9.17) is 4.74 Å². The van der Waals surface area contributed by atoms with E-state index in [1.165, 1.54) is 0 Å². The van der Waals surface area contributed by atoms with E-state index < -0.39 is 0 Å². The normalized spacial score (nSPS) is 15.8. The summed E-state index contributed by atoms with van der Waals surface area (Å²) in [6, 6.07) is 17.6. The van der Waals surface area contributed by atoms with Crippen molar-refractivity contribution in [2.45, 2.75) is 6.42 Å². The van der Waals surface area contributed by atoms with Crippen LogP contribution in [-0.4, -0.2) is 61.2 Å². The minimum absolute atomic E-state index is 0.0840. The maximum atomic E-state index is 12.6. The van der Waals surface area contributed by atoms with E-state index in [0.717, 1.165) is 61.5 Å². The van der Waals surface area contributed by atoms with Crippen LogP contribution < -0.4 is 10.3 Å². The number of aromatic amines is 1. The molecule has 2 aromatic carbocycles. The van der Waals surface area contributed by atoms with Gasteiger partial charge in [-0.1, -0.05) is 48.5 Å². The van der Waals surface area contributed by atoms with Gasteiger partial charge in [-0.05, 0) is 19.5 Å². The molecule has 0 radical (unpaired) electrons. The van der Waals surface area contributed by atoms with Crippen LogP contribution in [0, 0.1) is 0 Å². The standard InChI is InChI=1S/C23H27N3O2/c1-25-13-15-26(16-14-25)12-7-17-28-22-19-10-5-6-11-20(19)23(27)24-21(22)18-8-3-2-4-9-18/h2-6,8-11H,7,12-17H2,1H3,(H,24,27). The van der Waals surface area contributed by atoms with Crippen LogP contribution in [0.5, 0.6) is 5.75 Å². The Morgan fingerprint density at radius 2 is 1.61 bits per heavy atom. The Morgan fingerprint density at radius 1 is 0.929 bits per heavy atom. The lowest BCUT2D eigenvalue weighted by molar-refractivity contribution is 0.145. The molecule has 1 aliphatic heterocycles. The SMILES string of the molecule is CN1CCN(CCCOc2c(-c3ccccc3)[nH]c(=O)c3ccccc23)CC1. The molecule has 0 amide bonds. The average molecular weight is 377 g/mol. The molecule has 2 heterocycles. The monoisotopic (exact) mass is 377 g/mol. The van der Waals surface area contributed by atoms with Crippen molar-refractivity contribution in [1.82, 2.24) is 14.8 Å². The van der Waals surface area contributed by atoms with Crippen molar-refractivity contribution in [3.8, 4) is 17.0 Å². The summed E-state index contributed by atoms with van der Waals surface area (Å²) in [5, 5.41) is 1.53. The molecule has 0 unspecified atom stereocenters. The van der Waals surface area contributed by atoms with Gasteiger partial charge >= 0.3 is 0 Å². The summed E-state index contributed by atoms with van der Waals surface area (Å²) >= 11 is 0. The Balaban J connectivity index is 1.55. The summed E-state index contributed by atoms with van der Waals surface area (Å²) < 4.78 is 6.26. The molecule has 0 saturated carbocycles. The van der Waals surface area contributed by atoms with Crippen molar-refractivity contribution in [2.24, 2.45) is 0 Å². The van der Waals surface area contributed by atoms with E-state index in [2.05, 4.69) is 21.8 Å². The minimum Gasteiger partial charge on any atom is -0.491 e. The van der Waals surface area contributed by atoms with E-state index >= 15 is 0 Å². The zero-order valence-electron chi connectivity index (χ0n) is 16.4.